The number of nitrogens with zero attached hydrogens (tertiary/aromatic N) is 3. The van der Waals surface area contributed by atoms with Crippen molar-refractivity contribution in [1.29, 1.82) is 0 Å². The van der Waals surface area contributed by atoms with Crippen LogP contribution in [0.15, 0.2) is 67.3 Å². The SMILES string of the molecule is Cc1cnc(C(=O)N[C@@H](c2ccccc2)c2ccc3nc[nH]c3c2)cn1. The second-order valence-corrected chi connectivity index (χ2v) is 6.04. The Balaban J connectivity index is 1.71. The number of hydrogen-bond donors (Lipinski definition) is 2. The minimum atomic E-state index is -0.306. The lowest BCUT2D eigenvalue weighted by Gasteiger charge is -2.19. The molecule has 6 heteroatoms. The summed E-state index contributed by atoms with van der Waals surface area (Å²) < 4.78 is 0. The van der Waals surface area contributed by atoms with Crippen LogP contribution in [0.3, 0.4) is 0 Å². The molecule has 0 fully saturated rings. The molecule has 0 bridgehead atoms. The van der Waals surface area contributed by atoms with E-state index >= 15 is 0 Å². The second-order valence-electron chi connectivity index (χ2n) is 6.04. The zero-order chi connectivity index (χ0) is 17.9. The van der Waals surface area contributed by atoms with E-state index in [2.05, 4.69) is 25.3 Å². The summed E-state index contributed by atoms with van der Waals surface area (Å²) in [6.45, 7) is 1.83. The maximum atomic E-state index is 12.7. The highest BCUT2D eigenvalue weighted by atomic mass is 16.1. The van der Waals surface area contributed by atoms with Gasteiger partial charge in [-0.2, -0.15) is 0 Å². The lowest BCUT2D eigenvalue weighted by atomic mass is 9.98. The smallest absolute Gasteiger partial charge is 0.272 e. The molecular formula is C20H17N5O. The van der Waals surface area contributed by atoms with Crippen LogP contribution in [0.1, 0.15) is 33.4 Å². The van der Waals surface area contributed by atoms with E-state index in [0.717, 1.165) is 27.9 Å². The summed E-state index contributed by atoms with van der Waals surface area (Å²) in [5.74, 6) is -0.268. The average Bonchev–Trinajstić information content (AvgIpc) is 3.15. The van der Waals surface area contributed by atoms with Crippen molar-refractivity contribution in [3.8, 4) is 0 Å². The first-order chi connectivity index (χ1) is 12.7. The Morgan fingerprint density at radius 2 is 1.85 bits per heavy atom. The third-order valence-corrected chi connectivity index (χ3v) is 4.20. The lowest BCUT2D eigenvalue weighted by molar-refractivity contribution is 0.0937. The molecule has 128 valence electrons. The Hall–Kier alpha value is -3.54. The minimum absolute atomic E-state index is 0.268. The molecule has 0 radical (unpaired) electrons. The molecule has 2 aromatic heterocycles. The van der Waals surface area contributed by atoms with Gasteiger partial charge >= 0.3 is 0 Å². The average molecular weight is 343 g/mol. The highest BCUT2D eigenvalue weighted by Gasteiger charge is 2.19. The van der Waals surface area contributed by atoms with E-state index in [1.165, 1.54) is 6.20 Å². The highest BCUT2D eigenvalue weighted by molar-refractivity contribution is 5.92. The Labute approximate surface area is 150 Å². The van der Waals surface area contributed by atoms with Gasteiger partial charge in [0.1, 0.15) is 5.69 Å². The van der Waals surface area contributed by atoms with Crippen molar-refractivity contribution < 1.29 is 4.79 Å². The van der Waals surface area contributed by atoms with Gasteiger partial charge in [-0.1, -0.05) is 36.4 Å². The van der Waals surface area contributed by atoms with Crippen LogP contribution in [-0.2, 0) is 0 Å². The van der Waals surface area contributed by atoms with Crippen LogP contribution in [0.25, 0.3) is 11.0 Å². The number of imidazole rings is 1. The molecule has 2 aromatic carbocycles. The van der Waals surface area contributed by atoms with Gasteiger partial charge in [0, 0.05) is 6.20 Å². The van der Waals surface area contributed by atoms with Crippen LogP contribution in [-0.4, -0.2) is 25.8 Å². The number of aromatic nitrogens is 4. The number of aryl methyl sites for hydroxylation is 1. The molecule has 0 aliphatic heterocycles. The Bertz CT molecular complexity index is 1040. The van der Waals surface area contributed by atoms with E-state index in [-0.39, 0.29) is 11.9 Å². The van der Waals surface area contributed by atoms with E-state index in [0.29, 0.717) is 5.69 Å². The molecule has 4 rings (SSSR count). The van der Waals surface area contributed by atoms with Gasteiger partial charge in [-0.05, 0) is 30.2 Å². The summed E-state index contributed by atoms with van der Waals surface area (Å²) in [4.78, 5) is 28.4. The number of hydrogen-bond acceptors (Lipinski definition) is 4. The number of amides is 1. The van der Waals surface area contributed by atoms with Crippen LogP contribution in [0.5, 0.6) is 0 Å². The van der Waals surface area contributed by atoms with E-state index in [4.69, 9.17) is 0 Å². The van der Waals surface area contributed by atoms with Crippen molar-refractivity contribution in [1.82, 2.24) is 25.3 Å². The van der Waals surface area contributed by atoms with Crippen molar-refractivity contribution in [2.45, 2.75) is 13.0 Å². The zero-order valence-corrected chi connectivity index (χ0v) is 14.2. The van der Waals surface area contributed by atoms with Gasteiger partial charge in [-0.25, -0.2) is 9.97 Å². The number of carbonyl (C=O) groups excluding carboxylic acids is 1. The number of aromatic amines is 1. The maximum absolute atomic E-state index is 12.7. The van der Waals surface area contributed by atoms with Crippen LogP contribution in [0, 0.1) is 6.92 Å². The molecule has 0 spiro atoms. The van der Waals surface area contributed by atoms with Crippen LogP contribution < -0.4 is 5.32 Å². The molecule has 2 heterocycles. The van der Waals surface area contributed by atoms with Gasteiger partial charge in [-0.15, -0.1) is 0 Å². The summed E-state index contributed by atoms with van der Waals surface area (Å²) in [6, 6.07) is 15.4. The van der Waals surface area contributed by atoms with Gasteiger partial charge in [0.25, 0.3) is 5.91 Å². The number of nitrogens with one attached hydrogen (secondary N) is 2. The van der Waals surface area contributed by atoms with E-state index in [1.807, 2.05) is 55.5 Å². The Morgan fingerprint density at radius 3 is 2.62 bits per heavy atom. The van der Waals surface area contributed by atoms with E-state index in [1.54, 1.807) is 12.5 Å². The Kier molecular flexibility index (Phi) is 4.15. The maximum Gasteiger partial charge on any atom is 0.272 e. The topological polar surface area (TPSA) is 83.6 Å². The largest absolute Gasteiger partial charge is 0.345 e. The van der Waals surface area contributed by atoms with E-state index < -0.39 is 0 Å². The first kappa shape index (κ1) is 16.0. The molecule has 1 atom stereocenters. The molecule has 26 heavy (non-hydrogen) atoms. The summed E-state index contributed by atoms with van der Waals surface area (Å²) in [6.07, 6.45) is 4.74. The molecule has 0 unspecified atom stereocenters. The number of H-pyrrole nitrogens is 1. The van der Waals surface area contributed by atoms with Gasteiger partial charge in [0.2, 0.25) is 0 Å². The molecule has 4 aromatic rings. The number of rotatable bonds is 4. The summed E-state index contributed by atoms with van der Waals surface area (Å²) in [7, 11) is 0. The molecule has 0 aliphatic rings. The summed E-state index contributed by atoms with van der Waals surface area (Å²) >= 11 is 0. The minimum Gasteiger partial charge on any atom is -0.345 e. The second kappa shape index (κ2) is 6.76. The van der Waals surface area contributed by atoms with Gasteiger partial charge in [0.15, 0.2) is 0 Å². The molecule has 6 nitrogen and oxygen atoms in total. The summed E-state index contributed by atoms with van der Waals surface area (Å²) in [5.41, 5.74) is 4.82. The van der Waals surface area contributed by atoms with E-state index in [9.17, 15) is 4.79 Å². The molecule has 1 amide bonds. The number of benzene rings is 2. The first-order valence-corrected chi connectivity index (χ1v) is 8.28. The third kappa shape index (κ3) is 3.17. The van der Waals surface area contributed by atoms with Crippen molar-refractivity contribution in [2.24, 2.45) is 0 Å². The van der Waals surface area contributed by atoms with Crippen molar-refractivity contribution in [3.05, 3.63) is 89.8 Å². The van der Waals surface area contributed by atoms with Crippen molar-refractivity contribution in [2.75, 3.05) is 0 Å². The fraction of sp³-hybridized carbons (Fsp3) is 0.100. The van der Waals surface area contributed by atoms with Gasteiger partial charge in [-0.3, -0.25) is 9.78 Å². The molecule has 0 saturated heterocycles. The van der Waals surface area contributed by atoms with Crippen LogP contribution >= 0.6 is 0 Å². The molecule has 0 saturated carbocycles. The predicted octanol–water partition coefficient (Wildman–Crippen LogP) is 3.18. The molecule has 2 N–H and O–H groups in total. The fourth-order valence-corrected chi connectivity index (χ4v) is 2.85. The lowest BCUT2D eigenvalue weighted by Crippen LogP contribution is -2.30. The normalized spacial score (nSPS) is 12.0. The molecule has 0 aliphatic carbocycles. The first-order valence-electron chi connectivity index (χ1n) is 8.28. The Morgan fingerprint density at radius 1 is 1.00 bits per heavy atom. The summed E-state index contributed by atoms with van der Waals surface area (Å²) in [5, 5.41) is 3.07. The number of carbonyl (C=O) groups is 1. The van der Waals surface area contributed by atoms with Crippen molar-refractivity contribution >= 4 is 16.9 Å². The fourth-order valence-electron chi connectivity index (χ4n) is 2.85. The van der Waals surface area contributed by atoms with Gasteiger partial charge in [0.05, 0.1) is 35.3 Å². The quantitative estimate of drug-likeness (QED) is 0.596. The molecular weight excluding hydrogens is 326 g/mol. The standard InChI is InChI=1S/C20H17N5O/c1-13-10-22-18(11-21-13)20(26)25-19(14-5-3-2-4-6-14)15-7-8-16-17(9-15)24-12-23-16/h2-12,19H,1H3,(H,23,24)(H,25,26)/t19-/m0/s1. The number of fused-ring (bicyclic) bond motifs is 1. The van der Waals surface area contributed by atoms with Gasteiger partial charge < -0.3 is 10.3 Å². The monoisotopic (exact) mass is 343 g/mol. The van der Waals surface area contributed by atoms with Crippen LogP contribution in [0.2, 0.25) is 0 Å². The van der Waals surface area contributed by atoms with Crippen molar-refractivity contribution in [3.63, 3.8) is 0 Å². The predicted molar refractivity (Wildman–Crippen MR) is 98.6 cm³/mol. The van der Waals surface area contributed by atoms with Crippen LogP contribution in [0.4, 0.5) is 0 Å². The zero-order valence-electron chi connectivity index (χ0n) is 14.2. The third-order valence-electron chi connectivity index (χ3n) is 4.20. The highest BCUT2D eigenvalue weighted by Crippen LogP contribution is 2.25.